The number of aromatic nitrogens is 1. The maximum atomic E-state index is 12.5. The minimum Gasteiger partial charge on any atom is -0.481 e. The van der Waals surface area contributed by atoms with E-state index in [0.717, 1.165) is 5.52 Å². The minimum absolute atomic E-state index is 0.0878. The number of hydrogen-bond donors (Lipinski definition) is 2. The molecule has 3 heterocycles. The third kappa shape index (κ3) is 2.96. The van der Waals surface area contributed by atoms with E-state index in [4.69, 9.17) is 9.84 Å². The van der Waals surface area contributed by atoms with E-state index in [0.29, 0.717) is 31.6 Å². The third-order valence-corrected chi connectivity index (χ3v) is 4.08. The number of fused-ring (bicyclic) bond motifs is 1. The molecule has 0 aromatic carbocycles. The zero-order valence-corrected chi connectivity index (χ0v) is 12.1. The zero-order chi connectivity index (χ0) is 15.6. The highest BCUT2D eigenvalue weighted by Gasteiger charge is 2.36. The molecule has 1 saturated heterocycles. The Balaban J connectivity index is 1.82. The van der Waals surface area contributed by atoms with Gasteiger partial charge in [0.15, 0.2) is 0 Å². The third-order valence-electron chi connectivity index (χ3n) is 4.08. The van der Waals surface area contributed by atoms with Gasteiger partial charge in [-0.05, 0) is 31.0 Å². The summed E-state index contributed by atoms with van der Waals surface area (Å²) in [5.41, 5.74) is 0.726. The highest BCUT2D eigenvalue weighted by atomic mass is 16.5. The fourth-order valence-corrected chi connectivity index (χ4v) is 2.89. The average molecular weight is 302 g/mol. The minimum atomic E-state index is -0.913. The maximum absolute atomic E-state index is 12.5. The van der Waals surface area contributed by atoms with Crippen LogP contribution in [0.25, 0.3) is 5.52 Å². The van der Waals surface area contributed by atoms with E-state index in [2.05, 4.69) is 5.32 Å². The van der Waals surface area contributed by atoms with E-state index in [9.17, 15) is 9.59 Å². The van der Waals surface area contributed by atoms with Gasteiger partial charge < -0.3 is 19.6 Å². The van der Waals surface area contributed by atoms with Crippen molar-refractivity contribution in [3.63, 3.8) is 0 Å². The van der Waals surface area contributed by atoms with Crippen molar-refractivity contribution in [2.24, 2.45) is 0 Å². The van der Waals surface area contributed by atoms with Gasteiger partial charge in [-0.25, -0.2) is 0 Å². The number of pyridine rings is 1. The number of ether oxygens (including phenoxy) is 1. The van der Waals surface area contributed by atoms with Gasteiger partial charge in [-0.2, -0.15) is 0 Å². The standard InChI is InChI=1S/C16H18N2O4/c19-14(20)10-16(4-7-22-8-5-16)17-15(21)12-9-13-3-1-2-6-18(13)11-12/h1-3,6,9,11H,4-5,7-8,10H2,(H,17,21)(H,19,20). The highest BCUT2D eigenvalue weighted by Crippen LogP contribution is 2.25. The summed E-state index contributed by atoms with van der Waals surface area (Å²) in [5, 5.41) is 12.1. The Hall–Kier alpha value is -2.34. The number of nitrogens with one attached hydrogen (secondary N) is 1. The second-order valence-corrected chi connectivity index (χ2v) is 5.68. The number of amides is 1. The summed E-state index contributed by atoms with van der Waals surface area (Å²) >= 11 is 0. The number of nitrogens with zero attached hydrogens (tertiary/aromatic N) is 1. The molecular weight excluding hydrogens is 284 g/mol. The Morgan fingerprint density at radius 3 is 2.77 bits per heavy atom. The molecule has 0 spiro atoms. The van der Waals surface area contributed by atoms with E-state index in [1.54, 1.807) is 12.3 Å². The highest BCUT2D eigenvalue weighted by molar-refractivity contribution is 5.96. The van der Waals surface area contributed by atoms with Crippen molar-refractivity contribution in [3.8, 4) is 0 Å². The fraction of sp³-hybridized carbons (Fsp3) is 0.375. The van der Waals surface area contributed by atoms with Crippen LogP contribution in [0, 0.1) is 0 Å². The molecule has 22 heavy (non-hydrogen) atoms. The van der Waals surface area contributed by atoms with Crippen molar-refractivity contribution in [1.29, 1.82) is 0 Å². The molecule has 1 fully saturated rings. The first-order chi connectivity index (χ1) is 10.6. The molecule has 0 bridgehead atoms. The van der Waals surface area contributed by atoms with Crippen LogP contribution in [0.15, 0.2) is 36.7 Å². The van der Waals surface area contributed by atoms with E-state index in [-0.39, 0.29) is 12.3 Å². The van der Waals surface area contributed by atoms with Crippen LogP contribution in [0.4, 0.5) is 0 Å². The monoisotopic (exact) mass is 302 g/mol. The van der Waals surface area contributed by atoms with Crippen LogP contribution in [0.5, 0.6) is 0 Å². The fourth-order valence-electron chi connectivity index (χ4n) is 2.89. The number of hydrogen-bond acceptors (Lipinski definition) is 3. The molecule has 0 unspecified atom stereocenters. The predicted octanol–water partition coefficient (Wildman–Crippen LogP) is 1.69. The summed E-state index contributed by atoms with van der Waals surface area (Å²) in [6, 6.07) is 7.50. The molecule has 6 nitrogen and oxygen atoms in total. The van der Waals surface area contributed by atoms with E-state index < -0.39 is 11.5 Å². The molecule has 0 saturated carbocycles. The molecule has 0 atom stereocenters. The van der Waals surface area contributed by atoms with Gasteiger partial charge in [0.25, 0.3) is 5.91 Å². The lowest BCUT2D eigenvalue weighted by atomic mass is 9.86. The number of rotatable bonds is 4. The zero-order valence-electron chi connectivity index (χ0n) is 12.1. The van der Waals surface area contributed by atoms with Crippen molar-refractivity contribution < 1.29 is 19.4 Å². The summed E-state index contributed by atoms with van der Waals surface area (Å²) in [7, 11) is 0. The summed E-state index contributed by atoms with van der Waals surface area (Å²) in [6.45, 7) is 0.927. The Kier molecular flexibility index (Phi) is 3.85. The maximum Gasteiger partial charge on any atom is 0.305 e. The van der Waals surface area contributed by atoms with Crippen LogP contribution in [0.3, 0.4) is 0 Å². The van der Waals surface area contributed by atoms with Crippen LogP contribution in [0.2, 0.25) is 0 Å². The SMILES string of the molecule is O=C(O)CC1(NC(=O)c2cc3ccccn3c2)CCOCC1. The summed E-state index contributed by atoms with van der Waals surface area (Å²) in [4.78, 5) is 23.6. The lowest BCUT2D eigenvalue weighted by molar-refractivity contribution is -0.139. The van der Waals surface area contributed by atoms with Crippen molar-refractivity contribution in [1.82, 2.24) is 9.72 Å². The molecule has 2 aromatic heterocycles. The number of carboxylic acids is 1. The second kappa shape index (κ2) is 5.81. The Morgan fingerprint density at radius 2 is 2.09 bits per heavy atom. The predicted molar refractivity (Wildman–Crippen MR) is 79.9 cm³/mol. The van der Waals surface area contributed by atoms with Crippen molar-refractivity contribution in [2.45, 2.75) is 24.8 Å². The molecule has 2 aromatic rings. The Morgan fingerprint density at radius 1 is 1.32 bits per heavy atom. The van der Waals surface area contributed by atoms with Gasteiger partial charge in [-0.3, -0.25) is 9.59 Å². The van der Waals surface area contributed by atoms with Crippen LogP contribution in [0.1, 0.15) is 29.6 Å². The first kappa shape index (κ1) is 14.6. The second-order valence-electron chi connectivity index (χ2n) is 5.68. The topological polar surface area (TPSA) is 80.0 Å². The van der Waals surface area contributed by atoms with Crippen LogP contribution in [-0.2, 0) is 9.53 Å². The number of aliphatic carboxylic acids is 1. The molecule has 0 aliphatic carbocycles. The van der Waals surface area contributed by atoms with Crippen LogP contribution < -0.4 is 5.32 Å². The molecule has 2 N–H and O–H groups in total. The van der Waals surface area contributed by atoms with Crippen molar-refractivity contribution in [3.05, 3.63) is 42.2 Å². The number of carbonyl (C=O) groups is 2. The molecule has 6 heteroatoms. The van der Waals surface area contributed by atoms with E-state index in [1.807, 2.05) is 28.8 Å². The van der Waals surface area contributed by atoms with E-state index >= 15 is 0 Å². The van der Waals surface area contributed by atoms with Crippen LogP contribution >= 0.6 is 0 Å². The molecule has 1 aliphatic heterocycles. The lowest BCUT2D eigenvalue weighted by Crippen LogP contribution is -2.53. The molecule has 1 amide bonds. The number of carbonyl (C=O) groups excluding carboxylic acids is 1. The Labute approximate surface area is 127 Å². The van der Waals surface area contributed by atoms with Crippen LogP contribution in [-0.4, -0.2) is 40.1 Å². The smallest absolute Gasteiger partial charge is 0.305 e. The van der Waals surface area contributed by atoms with Crippen molar-refractivity contribution in [2.75, 3.05) is 13.2 Å². The molecule has 116 valence electrons. The van der Waals surface area contributed by atoms with E-state index in [1.165, 1.54) is 0 Å². The molecular formula is C16H18N2O4. The van der Waals surface area contributed by atoms with Gasteiger partial charge in [-0.1, -0.05) is 6.07 Å². The summed E-state index contributed by atoms with van der Waals surface area (Å²) in [6.07, 6.45) is 4.55. The summed E-state index contributed by atoms with van der Waals surface area (Å²) < 4.78 is 7.16. The first-order valence-electron chi connectivity index (χ1n) is 7.27. The normalized spacial score (nSPS) is 17.3. The van der Waals surface area contributed by atoms with Gasteiger partial charge in [0.1, 0.15) is 0 Å². The quantitative estimate of drug-likeness (QED) is 0.900. The van der Waals surface area contributed by atoms with Gasteiger partial charge in [0, 0.05) is 31.1 Å². The van der Waals surface area contributed by atoms with Gasteiger partial charge in [-0.15, -0.1) is 0 Å². The number of carboxylic acid groups (broad SMARTS) is 1. The Bertz CT molecular complexity index is 668. The largest absolute Gasteiger partial charge is 0.481 e. The molecule has 0 radical (unpaired) electrons. The molecule has 3 rings (SSSR count). The van der Waals surface area contributed by atoms with Crippen molar-refractivity contribution >= 4 is 17.4 Å². The lowest BCUT2D eigenvalue weighted by Gasteiger charge is -2.36. The van der Waals surface area contributed by atoms with Gasteiger partial charge >= 0.3 is 5.97 Å². The first-order valence-corrected chi connectivity index (χ1v) is 7.27. The summed E-state index contributed by atoms with van der Waals surface area (Å²) in [5.74, 6) is -1.16. The average Bonchev–Trinajstić information content (AvgIpc) is 2.91. The molecule has 1 aliphatic rings. The van der Waals surface area contributed by atoms with Gasteiger partial charge in [0.05, 0.1) is 17.5 Å². The van der Waals surface area contributed by atoms with Gasteiger partial charge in [0.2, 0.25) is 0 Å².